The Hall–Kier alpha value is -1.77. The van der Waals surface area contributed by atoms with Crippen LogP contribution in [0.5, 0.6) is 0 Å². The molecular formula is C18H25N3. The molecule has 2 unspecified atom stereocenters. The Balaban J connectivity index is 1.74. The van der Waals surface area contributed by atoms with Crippen LogP contribution in [-0.2, 0) is 0 Å². The number of nitrogens with zero attached hydrogens (tertiary/aromatic N) is 2. The molecule has 3 nitrogen and oxygen atoms in total. The predicted molar refractivity (Wildman–Crippen MR) is 87.8 cm³/mol. The van der Waals surface area contributed by atoms with Gasteiger partial charge in [-0.15, -0.1) is 0 Å². The average molecular weight is 283 g/mol. The summed E-state index contributed by atoms with van der Waals surface area (Å²) in [4.78, 5) is 0. The third-order valence-corrected chi connectivity index (χ3v) is 4.37. The molecule has 1 saturated carbocycles. The van der Waals surface area contributed by atoms with Gasteiger partial charge in [0.1, 0.15) is 0 Å². The Morgan fingerprint density at radius 1 is 1.24 bits per heavy atom. The zero-order valence-corrected chi connectivity index (χ0v) is 13.2. The van der Waals surface area contributed by atoms with Crippen LogP contribution in [0.1, 0.15) is 40.0 Å². The molecule has 0 spiro atoms. The lowest BCUT2D eigenvalue weighted by atomic mass is 9.70. The first-order valence-electron chi connectivity index (χ1n) is 7.88. The quantitative estimate of drug-likeness (QED) is 0.899. The molecule has 1 aliphatic rings. The van der Waals surface area contributed by atoms with Gasteiger partial charge in [-0.2, -0.15) is 5.10 Å². The largest absolute Gasteiger partial charge is 0.382 e. The van der Waals surface area contributed by atoms with Crippen molar-refractivity contribution in [1.29, 1.82) is 0 Å². The van der Waals surface area contributed by atoms with Crippen LogP contribution in [0.25, 0.3) is 5.69 Å². The lowest BCUT2D eigenvalue weighted by molar-refractivity contribution is 0.178. The lowest BCUT2D eigenvalue weighted by Crippen LogP contribution is -2.35. The molecule has 1 aliphatic carbocycles. The van der Waals surface area contributed by atoms with Crippen molar-refractivity contribution < 1.29 is 0 Å². The van der Waals surface area contributed by atoms with Gasteiger partial charge in [-0.1, -0.05) is 26.8 Å². The van der Waals surface area contributed by atoms with Gasteiger partial charge in [-0.05, 0) is 54.9 Å². The summed E-state index contributed by atoms with van der Waals surface area (Å²) < 4.78 is 1.90. The second-order valence-electron chi connectivity index (χ2n) is 7.26. The van der Waals surface area contributed by atoms with Crippen molar-refractivity contribution in [2.75, 3.05) is 5.32 Å². The van der Waals surface area contributed by atoms with Crippen molar-refractivity contribution in [2.24, 2.45) is 11.3 Å². The number of aromatic nitrogens is 2. The van der Waals surface area contributed by atoms with E-state index in [4.69, 9.17) is 0 Å². The molecule has 3 heteroatoms. The fraction of sp³-hybridized carbons (Fsp3) is 0.500. The van der Waals surface area contributed by atoms with E-state index in [1.54, 1.807) is 0 Å². The van der Waals surface area contributed by atoms with Crippen molar-refractivity contribution in [3.63, 3.8) is 0 Å². The fourth-order valence-electron chi connectivity index (χ4n) is 3.85. The Bertz CT molecular complexity index is 586. The van der Waals surface area contributed by atoms with E-state index in [0.717, 1.165) is 11.6 Å². The number of anilines is 1. The maximum Gasteiger partial charge on any atom is 0.0666 e. The topological polar surface area (TPSA) is 29.9 Å². The monoisotopic (exact) mass is 283 g/mol. The molecule has 2 aromatic rings. The van der Waals surface area contributed by atoms with E-state index >= 15 is 0 Å². The molecule has 3 rings (SSSR count). The van der Waals surface area contributed by atoms with Gasteiger partial charge in [0.15, 0.2) is 0 Å². The molecule has 1 aromatic carbocycles. The first-order valence-corrected chi connectivity index (χ1v) is 7.88. The Morgan fingerprint density at radius 2 is 2.10 bits per heavy atom. The molecule has 1 heterocycles. The minimum Gasteiger partial charge on any atom is -0.382 e. The van der Waals surface area contributed by atoms with Crippen molar-refractivity contribution in [3.8, 4) is 5.69 Å². The zero-order chi connectivity index (χ0) is 14.9. The molecule has 1 aromatic heterocycles. The standard InChI is InChI=1S/C18H25N3/c1-14-10-16(13-18(2,3)12-14)20-15-6-4-7-17(11-15)21-9-5-8-19-21/h4-9,11,14,16,20H,10,12-13H2,1-3H3. The molecule has 0 aliphatic heterocycles. The maximum atomic E-state index is 4.30. The highest BCUT2D eigenvalue weighted by Crippen LogP contribution is 2.39. The van der Waals surface area contributed by atoms with E-state index in [1.165, 1.54) is 24.9 Å². The van der Waals surface area contributed by atoms with Gasteiger partial charge in [-0.3, -0.25) is 0 Å². The Morgan fingerprint density at radius 3 is 2.81 bits per heavy atom. The number of rotatable bonds is 3. The second-order valence-corrected chi connectivity index (χ2v) is 7.26. The second kappa shape index (κ2) is 5.55. The van der Waals surface area contributed by atoms with Crippen molar-refractivity contribution >= 4 is 5.69 Å². The van der Waals surface area contributed by atoms with Gasteiger partial charge in [0, 0.05) is 24.1 Å². The van der Waals surface area contributed by atoms with Crippen LogP contribution in [0.4, 0.5) is 5.69 Å². The molecular weight excluding hydrogens is 258 g/mol. The van der Waals surface area contributed by atoms with Gasteiger partial charge < -0.3 is 5.32 Å². The summed E-state index contributed by atoms with van der Waals surface area (Å²) in [5.41, 5.74) is 2.74. The van der Waals surface area contributed by atoms with E-state index in [-0.39, 0.29) is 0 Å². The van der Waals surface area contributed by atoms with Crippen LogP contribution in [0.15, 0.2) is 42.7 Å². The summed E-state index contributed by atoms with van der Waals surface area (Å²) in [5.74, 6) is 0.792. The summed E-state index contributed by atoms with van der Waals surface area (Å²) in [7, 11) is 0. The molecule has 2 atom stereocenters. The predicted octanol–water partition coefficient (Wildman–Crippen LogP) is 4.50. The molecule has 0 amide bonds. The van der Waals surface area contributed by atoms with Gasteiger partial charge in [0.05, 0.1) is 5.69 Å². The van der Waals surface area contributed by atoms with Crippen LogP contribution in [-0.4, -0.2) is 15.8 Å². The Kier molecular flexibility index (Phi) is 3.75. The lowest BCUT2D eigenvalue weighted by Gasteiger charge is -2.39. The minimum atomic E-state index is 0.439. The van der Waals surface area contributed by atoms with Crippen molar-refractivity contribution in [2.45, 2.75) is 46.1 Å². The van der Waals surface area contributed by atoms with E-state index in [2.05, 4.69) is 55.5 Å². The van der Waals surface area contributed by atoms with Gasteiger partial charge in [-0.25, -0.2) is 4.68 Å². The van der Waals surface area contributed by atoms with Crippen LogP contribution >= 0.6 is 0 Å². The third-order valence-electron chi connectivity index (χ3n) is 4.37. The van der Waals surface area contributed by atoms with Crippen LogP contribution in [0.2, 0.25) is 0 Å². The SMILES string of the molecule is CC1CC(Nc2cccc(-n3cccn3)c2)CC(C)(C)C1. The number of nitrogens with one attached hydrogen (secondary N) is 1. The third kappa shape index (κ3) is 3.46. The molecule has 21 heavy (non-hydrogen) atoms. The number of benzene rings is 1. The fourth-order valence-corrected chi connectivity index (χ4v) is 3.85. The first kappa shape index (κ1) is 14.2. The summed E-state index contributed by atoms with van der Waals surface area (Å²) >= 11 is 0. The zero-order valence-electron chi connectivity index (χ0n) is 13.2. The van der Waals surface area contributed by atoms with Crippen molar-refractivity contribution in [3.05, 3.63) is 42.7 Å². The Labute approximate surface area is 127 Å². The van der Waals surface area contributed by atoms with Crippen LogP contribution in [0, 0.1) is 11.3 Å². The van der Waals surface area contributed by atoms with Crippen molar-refractivity contribution in [1.82, 2.24) is 9.78 Å². The molecule has 0 bridgehead atoms. The van der Waals surface area contributed by atoms with Crippen LogP contribution in [0.3, 0.4) is 0 Å². The summed E-state index contributed by atoms with van der Waals surface area (Å²) in [6.07, 6.45) is 7.62. The van der Waals surface area contributed by atoms with E-state index in [1.807, 2.05) is 23.1 Å². The average Bonchev–Trinajstić information content (AvgIpc) is 2.90. The number of hydrogen-bond donors (Lipinski definition) is 1. The number of hydrogen-bond acceptors (Lipinski definition) is 2. The maximum absolute atomic E-state index is 4.30. The first-order chi connectivity index (χ1) is 10.0. The van der Waals surface area contributed by atoms with E-state index in [9.17, 15) is 0 Å². The summed E-state index contributed by atoms with van der Waals surface area (Å²) in [6.45, 7) is 7.14. The smallest absolute Gasteiger partial charge is 0.0666 e. The molecule has 1 fully saturated rings. The highest BCUT2D eigenvalue weighted by Gasteiger charge is 2.31. The van der Waals surface area contributed by atoms with Gasteiger partial charge in [0.2, 0.25) is 0 Å². The van der Waals surface area contributed by atoms with E-state index in [0.29, 0.717) is 11.5 Å². The van der Waals surface area contributed by atoms with Gasteiger partial charge >= 0.3 is 0 Å². The normalized spacial score (nSPS) is 24.7. The minimum absolute atomic E-state index is 0.439. The molecule has 1 N–H and O–H groups in total. The van der Waals surface area contributed by atoms with Gasteiger partial charge in [0.25, 0.3) is 0 Å². The molecule has 112 valence electrons. The highest BCUT2D eigenvalue weighted by atomic mass is 15.3. The van der Waals surface area contributed by atoms with E-state index < -0.39 is 0 Å². The molecule has 0 saturated heterocycles. The summed E-state index contributed by atoms with van der Waals surface area (Å²) in [6, 6.07) is 11.0. The van der Waals surface area contributed by atoms with Crippen LogP contribution < -0.4 is 5.32 Å². The highest BCUT2D eigenvalue weighted by molar-refractivity contribution is 5.51. The molecule has 0 radical (unpaired) electrons. The summed E-state index contributed by atoms with van der Waals surface area (Å²) in [5, 5.41) is 8.03.